The number of carbonyl (C=O) groups excluding carboxylic acids is 1. The minimum absolute atomic E-state index is 0.0312. The largest absolute Gasteiger partial charge is 0.389 e. The van der Waals surface area contributed by atoms with Gasteiger partial charge in [-0.3, -0.25) is 4.79 Å². The molecule has 21 heavy (non-hydrogen) atoms. The van der Waals surface area contributed by atoms with Crippen molar-refractivity contribution < 1.29 is 9.90 Å². The van der Waals surface area contributed by atoms with Gasteiger partial charge in [-0.1, -0.05) is 31.9 Å². The Kier molecular flexibility index (Phi) is 5.90. The lowest BCUT2D eigenvalue weighted by atomic mass is 10.1. The smallest absolute Gasteiger partial charge is 0.224 e. The first-order valence-corrected chi connectivity index (χ1v) is 8.06. The van der Waals surface area contributed by atoms with Gasteiger partial charge in [-0.15, -0.1) is 11.3 Å². The van der Waals surface area contributed by atoms with Crippen molar-refractivity contribution in [2.24, 2.45) is 0 Å². The lowest BCUT2D eigenvalue weighted by Gasteiger charge is -2.05. The molecule has 0 bridgehead atoms. The van der Waals surface area contributed by atoms with Crippen molar-refractivity contribution in [1.29, 1.82) is 0 Å². The molecular weight excluding hydrogens is 284 g/mol. The van der Waals surface area contributed by atoms with Crippen LogP contribution in [0.25, 0.3) is 11.3 Å². The first-order valence-electron chi connectivity index (χ1n) is 7.18. The Morgan fingerprint density at radius 1 is 1.29 bits per heavy atom. The Morgan fingerprint density at radius 3 is 2.67 bits per heavy atom. The fraction of sp³-hybridized carbons (Fsp3) is 0.375. The standard InChI is InChI=1S/C16H20N2O2S/c1-2-3-4-5-15(20)17-13-8-6-12(7-9-13)14-11-21-16(10-19)18-14/h6-9,11,19H,2-5,10H2,1H3,(H,17,20). The summed E-state index contributed by atoms with van der Waals surface area (Å²) in [6.07, 6.45) is 3.71. The van der Waals surface area contributed by atoms with E-state index in [0.717, 1.165) is 36.2 Å². The summed E-state index contributed by atoms with van der Waals surface area (Å²) in [5.41, 5.74) is 2.64. The molecule has 5 heteroatoms. The van der Waals surface area contributed by atoms with Crippen LogP contribution in [-0.4, -0.2) is 16.0 Å². The molecule has 1 heterocycles. The number of unbranched alkanes of at least 4 members (excludes halogenated alkanes) is 2. The van der Waals surface area contributed by atoms with E-state index in [2.05, 4.69) is 17.2 Å². The van der Waals surface area contributed by atoms with Crippen molar-refractivity contribution in [3.05, 3.63) is 34.7 Å². The van der Waals surface area contributed by atoms with Crippen LogP contribution in [0.2, 0.25) is 0 Å². The summed E-state index contributed by atoms with van der Waals surface area (Å²) >= 11 is 1.44. The van der Waals surface area contributed by atoms with Crippen LogP contribution in [0, 0.1) is 0 Å². The number of rotatable bonds is 7. The van der Waals surface area contributed by atoms with Crippen LogP contribution in [0.4, 0.5) is 5.69 Å². The number of benzene rings is 1. The second-order valence-electron chi connectivity index (χ2n) is 4.87. The summed E-state index contributed by atoms with van der Waals surface area (Å²) in [6.45, 7) is 2.09. The van der Waals surface area contributed by atoms with Gasteiger partial charge in [0.05, 0.1) is 12.3 Å². The molecule has 0 aliphatic heterocycles. The summed E-state index contributed by atoms with van der Waals surface area (Å²) in [5.74, 6) is 0.0624. The van der Waals surface area contributed by atoms with Crippen LogP contribution < -0.4 is 5.32 Å². The van der Waals surface area contributed by atoms with Crippen molar-refractivity contribution in [2.45, 2.75) is 39.2 Å². The summed E-state index contributed by atoms with van der Waals surface area (Å²) in [4.78, 5) is 16.1. The van der Waals surface area contributed by atoms with Crippen molar-refractivity contribution in [3.63, 3.8) is 0 Å². The van der Waals surface area contributed by atoms with Crippen molar-refractivity contribution in [2.75, 3.05) is 5.32 Å². The predicted molar refractivity (Wildman–Crippen MR) is 86.2 cm³/mol. The summed E-state index contributed by atoms with van der Waals surface area (Å²) in [5, 5.41) is 14.6. The first-order chi connectivity index (χ1) is 10.2. The van der Waals surface area contributed by atoms with Gasteiger partial charge < -0.3 is 10.4 Å². The normalized spacial score (nSPS) is 10.6. The number of hydrogen-bond acceptors (Lipinski definition) is 4. The SMILES string of the molecule is CCCCCC(=O)Nc1ccc(-c2csc(CO)n2)cc1. The number of aromatic nitrogens is 1. The highest BCUT2D eigenvalue weighted by molar-refractivity contribution is 7.09. The number of aliphatic hydroxyl groups excluding tert-OH is 1. The van der Waals surface area contributed by atoms with Crippen molar-refractivity contribution in [3.8, 4) is 11.3 Å². The molecule has 0 spiro atoms. The molecule has 0 fully saturated rings. The molecule has 1 amide bonds. The van der Waals surface area contributed by atoms with Gasteiger partial charge >= 0.3 is 0 Å². The van der Waals surface area contributed by atoms with E-state index in [1.807, 2.05) is 29.6 Å². The van der Waals surface area contributed by atoms with Gasteiger partial charge in [0.1, 0.15) is 5.01 Å². The van der Waals surface area contributed by atoms with Gasteiger partial charge in [0.25, 0.3) is 0 Å². The quantitative estimate of drug-likeness (QED) is 0.764. The third kappa shape index (κ3) is 4.65. The van der Waals surface area contributed by atoms with Gasteiger partial charge in [0.15, 0.2) is 0 Å². The average Bonchev–Trinajstić information content (AvgIpc) is 2.97. The van der Waals surface area contributed by atoms with Crippen molar-refractivity contribution in [1.82, 2.24) is 4.98 Å². The first kappa shape index (κ1) is 15.7. The number of amides is 1. The lowest BCUT2D eigenvalue weighted by Crippen LogP contribution is -2.10. The van der Waals surface area contributed by atoms with Gasteiger partial charge in [0, 0.05) is 23.1 Å². The Morgan fingerprint density at radius 2 is 2.05 bits per heavy atom. The summed E-state index contributed by atoms with van der Waals surface area (Å²) in [6, 6.07) is 7.62. The van der Waals surface area contributed by atoms with E-state index in [-0.39, 0.29) is 12.5 Å². The lowest BCUT2D eigenvalue weighted by molar-refractivity contribution is -0.116. The van der Waals surface area contributed by atoms with E-state index in [0.29, 0.717) is 11.4 Å². The van der Waals surface area contributed by atoms with Gasteiger partial charge in [0.2, 0.25) is 5.91 Å². The molecule has 0 aliphatic carbocycles. The second-order valence-corrected chi connectivity index (χ2v) is 5.81. The number of nitrogens with zero attached hydrogens (tertiary/aromatic N) is 1. The number of carbonyl (C=O) groups is 1. The Bertz CT molecular complexity index is 578. The highest BCUT2D eigenvalue weighted by atomic mass is 32.1. The minimum Gasteiger partial charge on any atom is -0.389 e. The minimum atomic E-state index is -0.0312. The maximum absolute atomic E-state index is 11.7. The summed E-state index contributed by atoms with van der Waals surface area (Å²) in [7, 11) is 0. The molecule has 0 saturated heterocycles. The van der Waals surface area contributed by atoms with Gasteiger partial charge in [-0.2, -0.15) is 0 Å². The summed E-state index contributed by atoms with van der Waals surface area (Å²) < 4.78 is 0. The molecule has 1 aromatic carbocycles. The fourth-order valence-corrected chi connectivity index (χ4v) is 2.66. The van der Waals surface area contributed by atoms with E-state index in [1.54, 1.807) is 0 Å². The number of hydrogen-bond donors (Lipinski definition) is 2. The van der Waals surface area contributed by atoms with Crippen LogP contribution in [-0.2, 0) is 11.4 Å². The van der Waals surface area contributed by atoms with Crippen LogP contribution in [0.3, 0.4) is 0 Å². The molecular formula is C16H20N2O2S. The zero-order valence-corrected chi connectivity index (χ0v) is 12.9. The van der Waals surface area contributed by atoms with Crippen LogP contribution in [0.15, 0.2) is 29.6 Å². The third-order valence-corrected chi connectivity index (χ3v) is 3.99. The topological polar surface area (TPSA) is 62.2 Å². The molecule has 2 rings (SSSR count). The highest BCUT2D eigenvalue weighted by Crippen LogP contribution is 2.23. The average molecular weight is 304 g/mol. The fourth-order valence-electron chi connectivity index (χ4n) is 2.00. The molecule has 112 valence electrons. The zero-order valence-electron chi connectivity index (χ0n) is 12.1. The molecule has 2 N–H and O–H groups in total. The van der Waals surface area contributed by atoms with E-state index in [9.17, 15) is 4.79 Å². The Balaban J connectivity index is 1.94. The van der Waals surface area contributed by atoms with Crippen LogP contribution in [0.5, 0.6) is 0 Å². The maximum Gasteiger partial charge on any atom is 0.224 e. The number of aliphatic hydroxyl groups is 1. The third-order valence-electron chi connectivity index (χ3n) is 3.16. The van der Waals surface area contributed by atoms with Crippen LogP contribution >= 0.6 is 11.3 Å². The Hall–Kier alpha value is -1.72. The maximum atomic E-state index is 11.7. The van der Waals surface area contributed by atoms with Gasteiger partial charge in [-0.05, 0) is 18.6 Å². The number of nitrogens with one attached hydrogen (secondary N) is 1. The van der Waals surface area contributed by atoms with E-state index in [1.165, 1.54) is 11.3 Å². The van der Waals surface area contributed by atoms with Gasteiger partial charge in [-0.25, -0.2) is 4.98 Å². The molecule has 2 aromatic rings. The van der Waals surface area contributed by atoms with E-state index >= 15 is 0 Å². The zero-order chi connectivity index (χ0) is 15.1. The molecule has 0 radical (unpaired) electrons. The predicted octanol–water partition coefficient (Wildman–Crippen LogP) is 3.82. The number of thiazole rings is 1. The van der Waals surface area contributed by atoms with Crippen molar-refractivity contribution >= 4 is 22.9 Å². The second kappa shape index (κ2) is 7.90. The van der Waals surface area contributed by atoms with E-state index < -0.39 is 0 Å². The Labute approximate surface area is 128 Å². The van der Waals surface area contributed by atoms with E-state index in [4.69, 9.17) is 5.11 Å². The molecule has 0 unspecified atom stereocenters. The highest BCUT2D eigenvalue weighted by Gasteiger charge is 2.05. The molecule has 1 aromatic heterocycles. The molecule has 0 aliphatic rings. The monoisotopic (exact) mass is 304 g/mol. The molecule has 0 atom stereocenters. The van der Waals surface area contributed by atoms with Crippen LogP contribution in [0.1, 0.15) is 37.6 Å². The molecule has 0 saturated carbocycles. The number of anilines is 1. The molecule has 4 nitrogen and oxygen atoms in total.